The Hall–Kier alpha value is -5.67. The van der Waals surface area contributed by atoms with Crippen LogP contribution in [0.5, 0.6) is 0 Å². The third-order valence-electron chi connectivity index (χ3n) is 9.48. The summed E-state index contributed by atoms with van der Waals surface area (Å²) in [5.74, 6) is 0. The zero-order valence-corrected chi connectivity index (χ0v) is 25.1. The van der Waals surface area contributed by atoms with Crippen molar-refractivity contribution < 1.29 is 0 Å². The van der Waals surface area contributed by atoms with Crippen molar-refractivity contribution in [2.24, 2.45) is 0 Å². The SMILES string of the molecule is CC1(C)c2ccccc2-c2c1cc1ccccc1c2-c1ccc(-c2nc3ccccc3nc2-c2ccc3ccccc3c2)cn1. The summed E-state index contributed by atoms with van der Waals surface area (Å²) in [6, 6.07) is 47.2. The summed E-state index contributed by atoms with van der Waals surface area (Å²) >= 11 is 0. The molecule has 45 heavy (non-hydrogen) atoms. The highest BCUT2D eigenvalue weighted by atomic mass is 14.8. The number of hydrogen-bond donors (Lipinski definition) is 0. The number of hydrogen-bond acceptors (Lipinski definition) is 3. The van der Waals surface area contributed by atoms with Crippen LogP contribution >= 0.6 is 0 Å². The summed E-state index contributed by atoms with van der Waals surface area (Å²) in [7, 11) is 0. The normalized spacial score (nSPS) is 13.3. The van der Waals surface area contributed by atoms with Crippen LogP contribution in [0.15, 0.2) is 140 Å². The van der Waals surface area contributed by atoms with Gasteiger partial charge in [-0.3, -0.25) is 4.98 Å². The minimum atomic E-state index is -0.0971. The Morgan fingerprint density at radius 3 is 1.91 bits per heavy atom. The first-order chi connectivity index (χ1) is 22.1. The molecule has 0 amide bonds. The highest BCUT2D eigenvalue weighted by Gasteiger charge is 2.37. The van der Waals surface area contributed by atoms with Crippen molar-refractivity contribution in [3.8, 4) is 44.9 Å². The number of nitrogens with zero attached hydrogens (tertiary/aromatic N) is 3. The lowest BCUT2D eigenvalue weighted by Crippen LogP contribution is -2.15. The van der Waals surface area contributed by atoms with Crippen molar-refractivity contribution in [1.29, 1.82) is 0 Å². The predicted octanol–water partition coefficient (Wildman–Crippen LogP) is 10.6. The molecule has 0 saturated heterocycles. The van der Waals surface area contributed by atoms with Gasteiger partial charge in [0.05, 0.1) is 28.1 Å². The summed E-state index contributed by atoms with van der Waals surface area (Å²) in [6.45, 7) is 4.67. The van der Waals surface area contributed by atoms with Crippen LogP contribution < -0.4 is 0 Å². The Morgan fingerprint density at radius 2 is 1.13 bits per heavy atom. The van der Waals surface area contributed by atoms with Gasteiger partial charge in [0.2, 0.25) is 0 Å². The quantitative estimate of drug-likeness (QED) is 0.210. The van der Waals surface area contributed by atoms with E-state index in [0.717, 1.165) is 39.2 Å². The van der Waals surface area contributed by atoms with Crippen LogP contribution in [0.4, 0.5) is 0 Å². The number of benzene rings is 6. The maximum absolute atomic E-state index is 5.17. The van der Waals surface area contributed by atoms with E-state index in [4.69, 9.17) is 15.0 Å². The molecular weight excluding hydrogens is 546 g/mol. The molecule has 1 aliphatic carbocycles. The van der Waals surface area contributed by atoms with Crippen molar-refractivity contribution in [1.82, 2.24) is 15.0 Å². The van der Waals surface area contributed by atoms with E-state index in [1.165, 1.54) is 49.4 Å². The van der Waals surface area contributed by atoms with Crippen molar-refractivity contribution in [3.63, 3.8) is 0 Å². The average molecular weight is 576 g/mol. The molecule has 2 aromatic heterocycles. The van der Waals surface area contributed by atoms with E-state index in [0.29, 0.717) is 0 Å². The number of para-hydroxylation sites is 2. The standard InChI is InChI=1S/C42H29N3/c1-42(2)33-16-8-7-15-32(33)38-34(42)24-28-13-5-6-14-31(28)39(38)37-22-21-30(25-43-37)41-40(44-35-17-9-10-18-36(35)45-41)29-20-19-26-11-3-4-12-27(26)23-29/h3-25H,1-2H3. The van der Waals surface area contributed by atoms with E-state index in [1.807, 2.05) is 30.5 Å². The van der Waals surface area contributed by atoms with Crippen LogP contribution in [-0.2, 0) is 5.41 Å². The van der Waals surface area contributed by atoms with E-state index in [9.17, 15) is 0 Å². The van der Waals surface area contributed by atoms with Gasteiger partial charge < -0.3 is 0 Å². The first kappa shape index (κ1) is 25.8. The molecule has 0 N–H and O–H groups in total. The Labute approximate surface area is 261 Å². The summed E-state index contributed by atoms with van der Waals surface area (Å²) < 4.78 is 0. The van der Waals surface area contributed by atoms with Gasteiger partial charge in [-0.05, 0) is 80.2 Å². The molecule has 1 aliphatic rings. The number of fused-ring (bicyclic) bond motifs is 6. The molecule has 0 radical (unpaired) electrons. The fourth-order valence-corrected chi connectivity index (χ4v) is 7.20. The minimum absolute atomic E-state index is 0.0971. The molecule has 0 unspecified atom stereocenters. The topological polar surface area (TPSA) is 38.7 Å². The first-order valence-corrected chi connectivity index (χ1v) is 15.5. The van der Waals surface area contributed by atoms with Gasteiger partial charge in [0, 0.05) is 28.3 Å². The molecule has 3 nitrogen and oxygen atoms in total. The molecule has 3 heteroatoms. The van der Waals surface area contributed by atoms with Crippen molar-refractivity contribution >= 4 is 32.6 Å². The third kappa shape index (κ3) is 3.94. The molecule has 8 aromatic rings. The smallest absolute Gasteiger partial charge is 0.0988 e. The van der Waals surface area contributed by atoms with E-state index in [2.05, 4.69) is 123 Å². The summed E-state index contributed by atoms with van der Waals surface area (Å²) in [6.07, 6.45) is 1.97. The van der Waals surface area contributed by atoms with E-state index < -0.39 is 0 Å². The fourth-order valence-electron chi connectivity index (χ4n) is 7.20. The Kier molecular flexibility index (Phi) is 5.54. The monoisotopic (exact) mass is 575 g/mol. The lowest BCUT2D eigenvalue weighted by Gasteiger charge is -2.22. The van der Waals surface area contributed by atoms with Crippen LogP contribution in [0, 0.1) is 0 Å². The van der Waals surface area contributed by atoms with Crippen LogP contribution in [0.2, 0.25) is 0 Å². The molecule has 0 fully saturated rings. The molecule has 212 valence electrons. The van der Waals surface area contributed by atoms with Gasteiger partial charge in [-0.2, -0.15) is 0 Å². The Morgan fingerprint density at radius 1 is 0.489 bits per heavy atom. The maximum Gasteiger partial charge on any atom is 0.0988 e. The summed E-state index contributed by atoms with van der Waals surface area (Å²) in [4.78, 5) is 15.5. The summed E-state index contributed by atoms with van der Waals surface area (Å²) in [5, 5.41) is 4.83. The largest absolute Gasteiger partial charge is 0.256 e. The van der Waals surface area contributed by atoms with Gasteiger partial charge in [0.25, 0.3) is 0 Å². The van der Waals surface area contributed by atoms with Crippen molar-refractivity contribution in [2.45, 2.75) is 19.3 Å². The van der Waals surface area contributed by atoms with E-state index >= 15 is 0 Å². The second-order valence-corrected chi connectivity index (χ2v) is 12.5. The molecule has 0 spiro atoms. The molecule has 0 bridgehead atoms. The second-order valence-electron chi connectivity index (χ2n) is 12.5. The highest BCUT2D eigenvalue weighted by molar-refractivity contribution is 6.07. The molecule has 0 saturated carbocycles. The summed E-state index contributed by atoms with van der Waals surface area (Å²) in [5.41, 5.74) is 12.8. The third-order valence-corrected chi connectivity index (χ3v) is 9.48. The highest BCUT2D eigenvalue weighted by Crippen LogP contribution is 2.54. The van der Waals surface area contributed by atoms with Gasteiger partial charge in [-0.15, -0.1) is 0 Å². The average Bonchev–Trinajstić information content (AvgIpc) is 3.32. The minimum Gasteiger partial charge on any atom is -0.256 e. The number of aromatic nitrogens is 3. The van der Waals surface area contributed by atoms with Gasteiger partial charge in [-0.25, -0.2) is 9.97 Å². The second kappa shape index (κ2) is 9.67. The van der Waals surface area contributed by atoms with Crippen molar-refractivity contribution in [3.05, 3.63) is 151 Å². The van der Waals surface area contributed by atoms with Gasteiger partial charge in [0.15, 0.2) is 0 Å². The van der Waals surface area contributed by atoms with Gasteiger partial charge in [-0.1, -0.05) is 111 Å². The maximum atomic E-state index is 5.17. The van der Waals surface area contributed by atoms with Crippen LogP contribution in [0.3, 0.4) is 0 Å². The lowest BCUT2D eigenvalue weighted by molar-refractivity contribution is 0.661. The van der Waals surface area contributed by atoms with Crippen LogP contribution in [0.1, 0.15) is 25.0 Å². The molecule has 9 rings (SSSR count). The number of pyridine rings is 1. The van der Waals surface area contributed by atoms with Gasteiger partial charge >= 0.3 is 0 Å². The number of rotatable bonds is 3. The Bertz CT molecular complexity index is 2460. The fraction of sp³-hybridized carbons (Fsp3) is 0.0714. The van der Waals surface area contributed by atoms with Crippen LogP contribution in [0.25, 0.3) is 77.5 Å². The molecule has 0 aliphatic heterocycles. The van der Waals surface area contributed by atoms with E-state index in [1.54, 1.807) is 0 Å². The first-order valence-electron chi connectivity index (χ1n) is 15.5. The van der Waals surface area contributed by atoms with Crippen LogP contribution in [-0.4, -0.2) is 15.0 Å². The van der Waals surface area contributed by atoms with Gasteiger partial charge in [0.1, 0.15) is 0 Å². The predicted molar refractivity (Wildman–Crippen MR) is 186 cm³/mol. The molecule has 0 atom stereocenters. The molecule has 6 aromatic carbocycles. The molecular formula is C42H29N3. The Balaban J connectivity index is 1.25. The van der Waals surface area contributed by atoms with E-state index in [-0.39, 0.29) is 5.41 Å². The lowest BCUT2D eigenvalue weighted by atomic mass is 9.81. The molecule has 2 heterocycles. The van der Waals surface area contributed by atoms with Crippen molar-refractivity contribution in [2.75, 3.05) is 0 Å². The zero-order valence-electron chi connectivity index (χ0n) is 25.1. The zero-order chi connectivity index (χ0) is 30.1.